The first kappa shape index (κ1) is 15.3. The second-order valence-electron chi connectivity index (χ2n) is 4.62. The van der Waals surface area contributed by atoms with Gasteiger partial charge in [0.2, 0.25) is 5.91 Å². The molecule has 0 radical (unpaired) electrons. The smallest absolute Gasteiger partial charge is 0.255 e. The predicted molar refractivity (Wildman–Crippen MR) is 76.1 cm³/mol. The lowest BCUT2D eigenvalue weighted by Crippen LogP contribution is -2.40. The first-order chi connectivity index (χ1) is 8.81. The number of nitrogens with one attached hydrogen (secondary N) is 1. The molecule has 0 aliphatic heterocycles. The van der Waals surface area contributed by atoms with Crippen molar-refractivity contribution >= 4 is 29.1 Å². The number of halogens is 1. The first-order valence-corrected chi connectivity index (χ1v) is 6.29. The molecule has 0 heterocycles. The maximum absolute atomic E-state index is 12.1. The van der Waals surface area contributed by atoms with Gasteiger partial charge >= 0.3 is 0 Å². The summed E-state index contributed by atoms with van der Waals surface area (Å²) < 4.78 is 0. The molecule has 0 atom stereocenters. The van der Waals surface area contributed by atoms with Crippen LogP contribution in [-0.2, 0) is 4.79 Å². The van der Waals surface area contributed by atoms with Crippen LogP contribution in [0.5, 0.6) is 0 Å². The van der Waals surface area contributed by atoms with Crippen LogP contribution in [0.25, 0.3) is 0 Å². The highest BCUT2D eigenvalue weighted by Gasteiger charge is 2.17. The highest BCUT2D eigenvalue weighted by Crippen LogP contribution is 2.20. The highest BCUT2D eigenvalue weighted by atomic mass is 35.5. The van der Waals surface area contributed by atoms with Crippen molar-refractivity contribution in [3.63, 3.8) is 0 Å². The Bertz CT molecular complexity index is 489. The molecule has 0 aliphatic carbocycles. The summed E-state index contributed by atoms with van der Waals surface area (Å²) in [7, 11) is 1.55. The molecule has 0 unspecified atom stereocenters. The van der Waals surface area contributed by atoms with Crippen LogP contribution in [-0.4, -0.2) is 36.3 Å². The molecule has 0 bridgehead atoms. The summed E-state index contributed by atoms with van der Waals surface area (Å²) in [4.78, 5) is 25.0. The molecule has 104 valence electrons. The van der Waals surface area contributed by atoms with Gasteiger partial charge in [-0.1, -0.05) is 11.6 Å². The summed E-state index contributed by atoms with van der Waals surface area (Å²) in [5.74, 6) is -0.527. The molecule has 0 saturated heterocycles. The lowest BCUT2D eigenvalue weighted by Gasteiger charge is -2.18. The summed E-state index contributed by atoms with van der Waals surface area (Å²) >= 11 is 5.96. The minimum Gasteiger partial charge on any atom is -0.399 e. The molecule has 1 rings (SSSR count). The van der Waals surface area contributed by atoms with Crippen molar-refractivity contribution in [2.75, 3.05) is 19.3 Å². The maximum Gasteiger partial charge on any atom is 0.255 e. The van der Waals surface area contributed by atoms with E-state index in [2.05, 4.69) is 5.32 Å². The van der Waals surface area contributed by atoms with Gasteiger partial charge in [0.25, 0.3) is 5.91 Å². The van der Waals surface area contributed by atoms with Crippen LogP contribution in [0.15, 0.2) is 18.2 Å². The number of benzene rings is 1. The van der Waals surface area contributed by atoms with Crippen molar-refractivity contribution in [2.24, 2.45) is 0 Å². The Morgan fingerprint density at radius 3 is 2.58 bits per heavy atom. The average molecular weight is 284 g/mol. The van der Waals surface area contributed by atoms with E-state index in [1.165, 1.54) is 11.0 Å². The van der Waals surface area contributed by atoms with Crippen molar-refractivity contribution in [3.8, 4) is 0 Å². The standard InChI is InChI=1S/C13H18ClN3O2/c1-8(2)16-12(18)7-17(3)13(19)10-5-4-9(15)6-11(10)14/h4-6,8H,7,15H2,1-3H3,(H,16,18). The van der Waals surface area contributed by atoms with Crippen molar-refractivity contribution in [1.82, 2.24) is 10.2 Å². The second-order valence-corrected chi connectivity index (χ2v) is 5.03. The Hall–Kier alpha value is -1.75. The van der Waals surface area contributed by atoms with Crippen molar-refractivity contribution in [3.05, 3.63) is 28.8 Å². The van der Waals surface area contributed by atoms with Gasteiger partial charge in [-0.25, -0.2) is 0 Å². The Kier molecular flexibility index (Phi) is 5.18. The zero-order chi connectivity index (χ0) is 14.6. The molecule has 2 amide bonds. The van der Waals surface area contributed by atoms with Crippen molar-refractivity contribution in [1.29, 1.82) is 0 Å². The number of amides is 2. The van der Waals surface area contributed by atoms with Gasteiger partial charge in [0, 0.05) is 18.8 Å². The summed E-state index contributed by atoms with van der Waals surface area (Å²) in [6.07, 6.45) is 0. The van der Waals surface area contributed by atoms with E-state index in [0.717, 1.165) is 0 Å². The third-order valence-electron chi connectivity index (χ3n) is 2.40. The second kappa shape index (κ2) is 6.43. The Morgan fingerprint density at radius 2 is 2.05 bits per heavy atom. The SMILES string of the molecule is CC(C)NC(=O)CN(C)C(=O)c1ccc(N)cc1Cl. The Balaban J connectivity index is 2.74. The van der Waals surface area contributed by atoms with Gasteiger partial charge in [-0.2, -0.15) is 0 Å². The van der Waals surface area contributed by atoms with Crippen LogP contribution in [0.3, 0.4) is 0 Å². The molecule has 6 heteroatoms. The number of nitrogen functional groups attached to an aromatic ring is 1. The third-order valence-corrected chi connectivity index (χ3v) is 2.71. The number of likely N-dealkylation sites (N-methyl/N-ethyl adjacent to an activating group) is 1. The van der Waals surface area contributed by atoms with Gasteiger partial charge in [0.1, 0.15) is 0 Å². The minimum absolute atomic E-state index is 0.0162. The largest absolute Gasteiger partial charge is 0.399 e. The molecule has 0 aliphatic rings. The number of nitrogens with zero attached hydrogens (tertiary/aromatic N) is 1. The fourth-order valence-corrected chi connectivity index (χ4v) is 1.84. The van der Waals surface area contributed by atoms with Crippen molar-refractivity contribution < 1.29 is 9.59 Å². The van der Waals surface area contributed by atoms with Gasteiger partial charge in [0.15, 0.2) is 0 Å². The Labute approximate surface area is 117 Å². The van der Waals surface area contributed by atoms with E-state index < -0.39 is 0 Å². The number of hydrogen-bond donors (Lipinski definition) is 2. The van der Waals surface area contributed by atoms with Gasteiger partial charge in [-0.15, -0.1) is 0 Å². The van der Waals surface area contributed by atoms with E-state index in [4.69, 9.17) is 17.3 Å². The van der Waals surface area contributed by atoms with Crippen LogP contribution < -0.4 is 11.1 Å². The summed E-state index contributed by atoms with van der Waals surface area (Å²) in [6, 6.07) is 4.70. The monoisotopic (exact) mass is 283 g/mol. The maximum atomic E-state index is 12.1. The summed E-state index contributed by atoms with van der Waals surface area (Å²) in [5.41, 5.74) is 6.38. The number of carbonyl (C=O) groups is 2. The fourth-order valence-electron chi connectivity index (χ4n) is 1.57. The molecule has 0 fully saturated rings. The van der Waals surface area contributed by atoms with Crippen LogP contribution in [0.1, 0.15) is 24.2 Å². The Morgan fingerprint density at radius 1 is 1.42 bits per heavy atom. The minimum atomic E-state index is -0.316. The topological polar surface area (TPSA) is 75.4 Å². The molecular weight excluding hydrogens is 266 g/mol. The zero-order valence-electron chi connectivity index (χ0n) is 11.2. The van der Waals surface area contributed by atoms with E-state index in [0.29, 0.717) is 11.3 Å². The van der Waals surface area contributed by atoms with Gasteiger partial charge in [-0.05, 0) is 32.0 Å². The molecular formula is C13H18ClN3O2. The molecule has 1 aromatic rings. The van der Waals surface area contributed by atoms with Gasteiger partial charge < -0.3 is 16.0 Å². The summed E-state index contributed by atoms with van der Waals surface area (Å²) in [6.45, 7) is 3.70. The number of carbonyl (C=O) groups excluding carboxylic acids is 2. The molecule has 3 N–H and O–H groups in total. The van der Waals surface area contributed by atoms with Gasteiger partial charge in [-0.3, -0.25) is 9.59 Å². The quantitative estimate of drug-likeness (QED) is 0.823. The van der Waals surface area contributed by atoms with E-state index in [1.54, 1.807) is 19.2 Å². The van der Waals surface area contributed by atoms with Crippen molar-refractivity contribution in [2.45, 2.75) is 19.9 Å². The van der Waals surface area contributed by atoms with E-state index >= 15 is 0 Å². The van der Waals surface area contributed by atoms with E-state index in [9.17, 15) is 9.59 Å². The predicted octanol–water partition coefficient (Wildman–Crippen LogP) is 1.52. The number of rotatable bonds is 4. The van der Waals surface area contributed by atoms with Crippen LogP contribution in [0, 0.1) is 0 Å². The van der Waals surface area contributed by atoms with Crippen LogP contribution in [0.4, 0.5) is 5.69 Å². The zero-order valence-corrected chi connectivity index (χ0v) is 12.0. The number of anilines is 1. The highest BCUT2D eigenvalue weighted by molar-refractivity contribution is 6.34. The van der Waals surface area contributed by atoms with E-state index in [1.807, 2.05) is 13.8 Å². The normalized spacial score (nSPS) is 10.4. The molecule has 1 aromatic carbocycles. The molecule has 0 aromatic heterocycles. The fraction of sp³-hybridized carbons (Fsp3) is 0.385. The number of hydrogen-bond acceptors (Lipinski definition) is 3. The molecule has 0 saturated carbocycles. The lowest BCUT2D eigenvalue weighted by molar-refractivity contribution is -0.122. The number of nitrogens with two attached hydrogens (primary N) is 1. The molecule has 19 heavy (non-hydrogen) atoms. The molecule has 0 spiro atoms. The molecule has 5 nitrogen and oxygen atoms in total. The average Bonchev–Trinajstić information content (AvgIpc) is 2.26. The van der Waals surface area contributed by atoms with Gasteiger partial charge in [0.05, 0.1) is 17.1 Å². The first-order valence-electron chi connectivity index (χ1n) is 5.91. The van der Waals surface area contributed by atoms with E-state index in [-0.39, 0.29) is 29.4 Å². The van der Waals surface area contributed by atoms with Crippen LogP contribution >= 0.6 is 11.6 Å². The van der Waals surface area contributed by atoms with Crippen LogP contribution in [0.2, 0.25) is 5.02 Å². The summed E-state index contributed by atoms with van der Waals surface area (Å²) in [5, 5.41) is 3.00. The third kappa shape index (κ3) is 4.44. The lowest BCUT2D eigenvalue weighted by atomic mass is 10.2.